The van der Waals surface area contributed by atoms with Crippen LogP contribution in [0.25, 0.3) is 10.8 Å². The Hall–Kier alpha value is -1.71. The number of hydrogen-bond donors (Lipinski definition) is 4. The summed E-state index contributed by atoms with van der Waals surface area (Å²) in [4.78, 5) is 0.0298. The highest BCUT2D eigenvalue weighted by molar-refractivity contribution is 7.87. The Labute approximate surface area is 175 Å². The highest BCUT2D eigenvalue weighted by Gasteiger charge is 2.28. The Morgan fingerprint density at radius 2 is 1.68 bits per heavy atom. The van der Waals surface area contributed by atoms with Gasteiger partial charge in [-0.2, -0.15) is 33.7 Å². The van der Waals surface area contributed by atoms with Crippen LogP contribution in [0, 0.1) is 0 Å². The van der Waals surface area contributed by atoms with Crippen molar-refractivity contribution in [2.75, 3.05) is 17.7 Å². The van der Waals surface area contributed by atoms with E-state index in [1.54, 1.807) is 6.07 Å². The number of aliphatic hydroxyl groups is 1. The van der Waals surface area contributed by atoms with Gasteiger partial charge in [-0.15, -0.1) is 0 Å². The van der Waals surface area contributed by atoms with E-state index in [0.717, 1.165) is 11.1 Å². The van der Waals surface area contributed by atoms with E-state index in [1.807, 2.05) is 54.6 Å². The lowest BCUT2D eigenvalue weighted by atomic mass is 10.1. The van der Waals surface area contributed by atoms with Crippen molar-refractivity contribution in [2.45, 2.75) is 16.2 Å². The lowest BCUT2D eigenvalue weighted by molar-refractivity contribution is 0.123. The van der Waals surface area contributed by atoms with Gasteiger partial charge in [-0.1, -0.05) is 42.5 Å². The molecule has 0 bridgehead atoms. The van der Waals surface area contributed by atoms with E-state index in [0.29, 0.717) is 11.1 Å². The second-order valence-electron chi connectivity index (χ2n) is 6.17. The maximum absolute atomic E-state index is 13.0. The van der Waals surface area contributed by atoms with Crippen molar-refractivity contribution in [3.63, 3.8) is 0 Å². The van der Waals surface area contributed by atoms with Crippen molar-refractivity contribution >= 4 is 57.5 Å². The van der Waals surface area contributed by atoms with E-state index in [2.05, 4.69) is 30.6 Å². The van der Waals surface area contributed by atoms with Crippen LogP contribution in [0.4, 0.5) is 11.4 Å². The number of nitrogens with one attached hydrogen (secondary N) is 1. The third-order valence-corrected chi connectivity index (χ3v) is 6.81. The number of rotatable bonds is 8. The van der Waals surface area contributed by atoms with Crippen LogP contribution in [0.15, 0.2) is 71.6 Å². The van der Waals surface area contributed by atoms with Crippen LogP contribution >= 0.6 is 25.3 Å². The average Bonchev–Trinajstić information content (AvgIpc) is 2.72. The number of thiol groups is 2. The molecule has 0 radical (unpaired) electrons. The van der Waals surface area contributed by atoms with Gasteiger partial charge < -0.3 is 10.4 Å². The van der Waals surface area contributed by atoms with Crippen LogP contribution in [0.2, 0.25) is 0 Å². The van der Waals surface area contributed by atoms with Crippen molar-refractivity contribution in [3.05, 3.63) is 66.7 Å². The summed E-state index contributed by atoms with van der Waals surface area (Å²) < 4.78 is 31.3. The normalized spacial score (nSPS) is 14.0. The average molecular weight is 436 g/mol. The first-order valence-corrected chi connectivity index (χ1v) is 11.2. The third kappa shape index (κ3) is 4.64. The lowest BCUT2D eigenvalue weighted by Crippen LogP contribution is -2.32. The Balaban J connectivity index is 2.08. The van der Waals surface area contributed by atoms with Crippen LogP contribution in [0.3, 0.4) is 0 Å². The van der Waals surface area contributed by atoms with Crippen LogP contribution in [-0.4, -0.2) is 37.2 Å². The van der Waals surface area contributed by atoms with Gasteiger partial charge in [0.05, 0.1) is 6.61 Å². The molecule has 0 aliphatic carbocycles. The van der Waals surface area contributed by atoms with Gasteiger partial charge in [0.25, 0.3) is 10.1 Å². The maximum Gasteiger partial charge on any atom is 0.298 e. The quantitative estimate of drug-likeness (QED) is 0.319. The number of anilines is 2. The van der Waals surface area contributed by atoms with Gasteiger partial charge in [-0.3, -0.25) is 4.18 Å². The first kappa shape index (κ1) is 21.0. The molecule has 5 nitrogen and oxygen atoms in total. The number of para-hydroxylation sites is 1. The zero-order valence-corrected chi connectivity index (χ0v) is 17.5. The van der Waals surface area contributed by atoms with Crippen molar-refractivity contribution in [2.24, 2.45) is 0 Å². The number of benzene rings is 3. The largest absolute Gasteiger partial charge is 0.394 e. The summed E-state index contributed by atoms with van der Waals surface area (Å²) in [5.74, 6) is 0.264. The summed E-state index contributed by atoms with van der Waals surface area (Å²) in [6.07, 6.45) is -0.990. The molecule has 2 N–H and O–H groups in total. The van der Waals surface area contributed by atoms with E-state index in [-0.39, 0.29) is 10.6 Å². The van der Waals surface area contributed by atoms with E-state index in [9.17, 15) is 13.5 Å². The zero-order valence-electron chi connectivity index (χ0n) is 14.9. The van der Waals surface area contributed by atoms with E-state index in [1.165, 1.54) is 6.07 Å². The standard InChI is InChI=1S/C20H21NO4S3/c22-12-17(18(27)13-26)25-28(23,24)19-11-5-7-14-6-4-10-16(20(14)19)21-15-8-2-1-3-9-15/h1-11,17-18,21-22,26-27H,12-13H2/t17-,18-/m1/s1. The van der Waals surface area contributed by atoms with Crippen LogP contribution in [0.5, 0.6) is 0 Å². The smallest absolute Gasteiger partial charge is 0.298 e. The van der Waals surface area contributed by atoms with Crippen molar-refractivity contribution in [1.82, 2.24) is 0 Å². The van der Waals surface area contributed by atoms with Gasteiger partial charge >= 0.3 is 0 Å². The van der Waals surface area contributed by atoms with Gasteiger partial charge in [0.2, 0.25) is 0 Å². The summed E-state index contributed by atoms with van der Waals surface area (Å²) in [7, 11) is -4.15. The predicted molar refractivity (Wildman–Crippen MR) is 119 cm³/mol. The third-order valence-electron chi connectivity index (χ3n) is 4.24. The topological polar surface area (TPSA) is 75.6 Å². The Kier molecular flexibility index (Phi) is 6.90. The SMILES string of the molecule is O=S(=O)(O[C@H](CO)[C@H](S)CS)c1cccc2cccc(Nc3ccccc3)c12. The van der Waals surface area contributed by atoms with E-state index < -0.39 is 28.1 Å². The minimum absolute atomic E-state index is 0.0298. The summed E-state index contributed by atoms with van der Waals surface area (Å²) in [6, 6.07) is 20.0. The molecule has 0 aromatic heterocycles. The lowest BCUT2D eigenvalue weighted by Gasteiger charge is -2.21. The number of hydrogen-bond acceptors (Lipinski definition) is 7. The van der Waals surface area contributed by atoms with Crippen LogP contribution in [-0.2, 0) is 14.3 Å². The zero-order chi connectivity index (χ0) is 20.1. The van der Waals surface area contributed by atoms with Gasteiger partial charge in [0.15, 0.2) is 0 Å². The molecule has 0 heterocycles. The first-order chi connectivity index (χ1) is 13.5. The fraction of sp³-hybridized carbons (Fsp3) is 0.200. The van der Waals surface area contributed by atoms with Gasteiger partial charge in [0.1, 0.15) is 11.0 Å². The molecule has 3 aromatic rings. The van der Waals surface area contributed by atoms with Gasteiger partial charge in [0, 0.05) is 27.8 Å². The van der Waals surface area contributed by atoms with Crippen molar-refractivity contribution in [3.8, 4) is 0 Å². The van der Waals surface area contributed by atoms with Crippen molar-refractivity contribution in [1.29, 1.82) is 0 Å². The Morgan fingerprint density at radius 1 is 1.00 bits per heavy atom. The Morgan fingerprint density at radius 3 is 2.32 bits per heavy atom. The summed E-state index contributed by atoms with van der Waals surface area (Å²) in [6.45, 7) is -0.478. The van der Waals surface area contributed by atoms with Gasteiger partial charge in [-0.05, 0) is 29.7 Å². The molecule has 3 rings (SSSR count). The monoisotopic (exact) mass is 435 g/mol. The fourth-order valence-corrected chi connectivity index (χ4v) is 4.66. The second kappa shape index (κ2) is 9.19. The maximum atomic E-state index is 13.0. The Bertz CT molecular complexity index is 1040. The van der Waals surface area contributed by atoms with Crippen LogP contribution < -0.4 is 5.32 Å². The molecule has 2 atom stereocenters. The molecule has 0 spiro atoms. The molecular weight excluding hydrogens is 414 g/mol. The molecule has 0 fully saturated rings. The molecule has 148 valence electrons. The van der Waals surface area contributed by atoms with Crippen LogP contribution in [0.1, 0.15) is 0 Å². The molecule has 0 saturated carbocycles. The summed E-state index contributed by atoms with van der Waals surface area (Å²) >= 11 is 8.36. The predicted octanol–water partition coefficient (Wildman–Crippen LogP) is 3.88. The summed E-state index contributed by atoms with van der Waals surface area (Å²) in [5, 5.41) is 13.5. The molecular formula is C20H21NO4S3. The highest BCUT2D eigenvalue weighted by Crippen LogP contribution is 2.33. The fourth-order valence-electron chi connectivity index (χ4n) is 2.84. The van der Waals surface area contributed by atoms with E-state index in [4.69, 9.17) is 4.18 Å². The molecule has 0 saturated heterocycles. The minimum Gasteiger partial charge on any atom is -0.394 e. The number of aliphatic hydroxyl groups excluding tert-OH is 1. The molecule has 0 unspecified atom stereocenters. The van der Waals surface area contributed by atoms with Crippen molar-refractivity contribution < 1.29 is 17.7 Å². The summed E-state index contributed by atoms with van der Waals surface area (Å²) in [5.41, 5.74) is 1.48. The van der Waals surface area contributed by atoms with Gasteiger partial charge in [-0.25, -0.2) is 0 Å². The molecule has 8 heteroatoms. The highest BCUT2D eigenvalue weighted by atomic mass is 32.2. The number of fused-ring (bicyclic) bond motifs is 1. The second-order valence-corrected chi connectivity index (χ2v) is 8.74. The molecule has 0 aliphatic rings. The molecule has 0 amide bonds. The van der Waals surface area contributed by atoms with E-state index >= 15 is 0 Å². The molecule has 0 aliphatic heterocycles. The molecule has 28 heavy (non-hydrogen) atoms. The first-order valence-electron chi connectivity index (χ1n) is 8.63. The molecule has 3 aromatic carbocycles. The minimum atomic E-state index is -4.15.